The zero-order chi connectivity index (χ0) is 9.68. The lowest BCUT2D eigenvalue weighted by molar-refractivity contribution is 0.504. The van der Waals surface area contributed by atoms with Crippen LogP contribution in [-0.2, 0) is 0 Å². The summed E-state index contributed by atoms with van der Waals surface area (Å²) >= 11 is 0. The molecule has 0 spiro atoms. The lowest BCUT2D eigenvalue weighted by Gasteiger charge is -2.15. The van der Waals surface area contributed by atoms with Crippen LogP contribution in [0.15, 0.2) is 12.4 Å². The first-order chi connectivity index (χ1) is 6.29. The van der Waals surface area contributed by atoms with Crippen LogP contribution in [0.4, 0.5) is 5.95 Å². The summed E-state index contributed by atoms with van der Waals surface area (Å²) in [6.45, 7) is 7.45. The van der Waals surface area contributed by atoms with E-state index in [0.717, 1.165) is 12.5 Å². The predicted molar refractivity (Wildman–Crippen MR) is 56.0 cm³/mol. The molecule has 13 heavy (non-hydrogen) atoms. The smallest absolute Gasteiger partial charge is 0.203 e. The van der Waals surface area contributed by atoms with Gasteiger partial charge in [-0.15, -0.1) is 0 Å². The van der Waals surface area contributed by atoms with Crippen LogP contribution in [-0.4, -0.2) is 16.1 Å². The molecule has 0 saturated carbocycles. The molecule has 0 amide bonds. The number of anilines is 1. The molecule has 1 heterocycles. The predicted octanol–water partition coefficient (Wildman–Crippen LogP) is 2.68. The van der Waals surface area contributed by atoms with E-state index in [2.05, 4.69) is 35.6 Å². The first-order valence-corrected chi connectivity index (χ1v) is 5.06. The second-order valence-corrected chi connectivity index (χ2v) is 3.33. The van der Waals surface area contributed by atoms with Gasteiger partial charge >= 0.3 is 0 Å². The third kappa shape index (κ3) is 2.47. The van der Waals surface area contributed by atoms with E-state index in [-0.39, 0.29) is 0 Å². The highest BCUT2D eigenvalue weighted by atomic mass is 15.2. The highest BCUT2D eigenvalue weighted by Crippen LogP contribution is 2.17. The maximum atomic E-state index is 4.26. The molecule has 1 rings (SSSR count). The van der Waals surface area contributed by atoms with Crippen LogP contribution in [0.2, 0.25) is 0 Å². The molecule has 3 nitrogen and oxygen atoms in total. The second kappa shape index (κ2) is 4.90. The first-order valence-electron chi connectivity index (χ1n) is 5.06. The van der Waals surface area contributed by atoms with Crippen molar-refractivity contribution in [3.05, 3.63) is 12.4 Å². The third-order valence-electron chi connectivity index (χ3n) is 2.18. The first kappa shape index (κ1) is 10.1. The summed E-state index contributed by atoms with van der Waals surface area (Å²) in [5, 5.41) is 3.25. The number of nitrogens with one attached hydrogen (secondary N) is 1. The van der Waals surface area contributed by atoms with Gasteiger partial charge < -0.3 is 9.88 Å². The Morgan fingerprint density at radius 1 is 1.54 bits per heavy atom. The number of aromatic nitrogens is 2. The Bertz CT molecular complexity index is 242. The van der Waals surface area contributed by atoms with Crippen molar-refractivity contribution in [3.8, 4) is 0 Å². The Morgan fingerprint density at radius 2 is 2.31 bits per heavy atom. The van der Waals surface area contributed by atoms with Crippen molar-refractivity contribution in [2.75, 3.05) is 11.9 Å². The Morgan fingerprint density at radius 3 is 2.92 bits per heavy atom. The molecule has 0 aliphatic rings. The SMILES string of the molecule is CCCC(C)n1ccnc1NCC. The van der Waals surface area contributed by atoms with Crippen molar-refractivity contribution in [2.24, 2.45) is 0 Å². The van der Waals surface area contributed by atoms with Crippen molar-refractivity contribution < 1.29 is 0 Å². The number of hydrogen-bond acceptors (Lipinski definition) is 2. The van der Waals surface area contributed by atoms with Gasteiger partial charge in [-0.2, -0.15) is 0 Å². The Hall–Kier alpha value is -0.990. The summed E-state index contributed by atoms with van der Waals surface area (Å²) in [7, 11) is 0. The Balaban J connectivity index is 2.68. The van der Waals surface area contributed by atoms with Crippen molar-refractivity contribution in [1.82, 2.24) is 9.55 Å². The molecular weight excluding hydrogens is 162 g/mol. The highest BCUT2D eigenvalue weighted by Gasteiger charge is 2.07. The van der Waals surface area contributed by atoms with Gasteiger partial charge in [0, 0.05) is 25.0 Å². The monoisotopic (exact) mass is 181 g/mol. The van der Waals surface area contributed by atoms with Gasteiger partial charge in [0.1, 0.15) is 0 Å². The van der Waals surface area contributed by atoms with E-state index in [1.807, 2.05) is 12.4 Å². The molecule has 1 aromatic heterocycles. The molecule has 1 atom stereocenters. The highest BCUT2D eigenvalue weighted by molar-refractivity contribution is 5.26. The van der Waals surface area contributed by atoms with Crippen molar-refractivity contribution in [1.29, 1.82) is 0 Å². The zero-order valence-corrected chi connectivity index (χ0v) is 8.75. The third-order valence-corrected chi connectivity index (χ3v) is 2.18. The second-order valence-electron chi connectivity index (χ2n) is 3.33. The minimum Gasteiger partial charge on any atom is -0.356 e. The van der Waals surface area contributed by atoms with Gasteiger partial charge in [-0.05, 0) is 20.3 Å². The minimum atomic E-state index is 0.543. The molecule has 0 saturated heterocycles. The Labute approximate surface area is 80.2 Å². The number of imidazole rings is 1. The molecule has 0 aromatic carbocycles. The van der Waals surface area contributed by atoms with Gasteiger partial charge in [0.15, 0.2) is 0 Å². The maximum absolute atomic E-state index is 4.26. The molecule has 3 heteroatoms. The summed E-state index contributed by atoms with van der Waals surface area (Å²) < 4.78 is 2.20. The van der Waals surface area contributed by atoms with Gasteiger partial charge in [-0.25, -0.2) is 4.98 Å². The maximum Gasteiger partial charge on any atom is 0.203 e. The molecule has 1 N–H and O–H groups in total. The van der Waals surface area contributed by atoms with Gasteiger partial charge in [-0.1, -0.05) is 13.3 Å². The minimum absolute atomic E-state index is 0.543. The molecule has 0 fully saturated rings. The van der Waals surface area contributed by atoms with E-state index in [1.54, 1.807) is 0 Å². The van der Waals surface area contributed by atoms with Crippen LogP contribution in [0.25, 0.3) is 0 Å². The zero-order valence-electron chi connectivity index (χ0n) is 8.75. The van der Waals surface area contributed by atoms with Gasteiger partial charge in [0.25, 0.3) is 0 Å². The van der Waals surface area contributed by atoms with Crippen molar-refractivity contribution in [3.63, 3.8) is 0 Å². The molecule has 0 aliphatic heterocycles. The lowest BCUT2D eigenvalue weighted by atomic mass is 10.2. The largest absolute Gasteiger partial charge is 0.356 e. The van der Waals surface area contributed by atoms with Crippen LogP contribution >= 0.6 is 0 Å². The lowest BCUT2D eigenvalue weighted by Crippen LogP contribution is -2.10. The van der Waals surface area contributed by atoms with Crippen LogP contribution in [0.1, 0.15) is 39.7 Å². The summed E-state index contributed by atoms with van der Waals surface area (Å²) in [6, 6.07) is 0.543. The van der Waals surface area contributed by atoms with E-state index in [1.165, 1.54) is 12.8 Å². The normalized spacial score (nSPS) is 12.8. The molecule has 0 bridgehead atoms. The Kier molecular flexibility index (Phi) is 3.80. The number of nitrogens with zero attached hydrogens (tertiary/aromatic N) is 2. The van der Waals surface area contributed by atoms with Crippen LogP contribution in [0.3, 0.4) is 0 Å². The van der Waals surface area contributed by atoms with Crippen LogP contribution in [0.5, 0.6) is 0 Å². The van der Waals surface area contributed by atoms with E-state index in [9.17, 15) is 0 Å². The van der Waals surface area contributed by atoms with E-state index < -0.39 is 0 Å². The number of rotatable bonds is 5. The number of hydrogen-bond donors (Lipinski definition) is 1. The fraction of sp³-hybridized carbons (Fsp3) is 0.700. The topological polar surface area (TPSA) is 29.9 Å². The van der Waals surface area contributed by atoms with Crippen molar-refractivity contribution >= 4 is 5.95 Å². The quantitative estimate of drug-likeness (QED) is 0.756. The summed E-state index contributed by atoms with van der Waals surface area (Å²) in [4.78, 5) is 4.26. The van der Waals surface area contributed by atoms with E-state index >= 15 is 0 Å². The molecule has 0 radical (unpaired) electrons. The van der Waals surface area contributed by atoms with Crippen LogP contribution < -0.4 is 5.32 Å². The van der Waals surface area contributed by atoms with Gasteiger partial charge in [-0.3, -0.25) is 0 Å². The molecule has 1 aromatic rings. The standard InChI is InChI=1S/C10H19N3/c1-4-6-9(3)13-8-7-12-10(13)11-5-2/h7-9H,4-6H2,1-3H3,(H,11,12). The van der Waals surface area contributed by atoms with E-state index in [0.29, 0.717) is 6.04 Å². The average molecular weight is 181 g/mol. The average Bonchev–Trinajstić information content (AvgIpc) is 2.54. The van der Waals surface area contributed by atoms with E-state index in [4.69, 9.17) is 0 Å². The van der Waals surface area contributed by atoms with Crippen molar-refractivity contribution in [2.45, 2.75) is 39.7 Å². The molecule has 0 aliphatic carbocycles. The molecule has 74 valence electrons. The summed E-state index contributed by atoms with van der Waals surface area (Å²) in [5.41, 5.74) is 0. The fourth-order valence-electron chi connectivity index (χ4n) is 1.52. The van der Waals surface area contributed by atoms with Gasteiger partial charge in [0.05, 0.1) is 0 Å². The van der Waals surface area contributed by atoms with Gasteiger partial charge in [0.2, 0.25) is 5.95 Å². The molecular formula is C10H19N3. The molecule has 1 unspecified atom stereocenters. The fourth-order valence-corrected chi connectivity index (χ4v) is 1.52. The summed E-state index contributed by atoms with van der Waals surface area (Å²) in [6.07, 6.45) is 6.31. The van der Waals surface area contributed by atoms with Crippen LogP contribution in [0, 0.1) is 0 Å². The summed E-state index contributed by atoms with van der Waals surface area (Å²) in [5.74, 6) is 0.989.